The van der Waals surface area contributed by atoms with Gasteiger partial charge >= 0.3 is 0 Å². The predicted octanol–water partition coefficient (Wildman–Crippen LogP) is 6.03. The molecule has 0 aliphatic heterocycles. The van der Waals surface area contributed by atoms with Gasteiger partial charge in [0, 0.05) is 24.4 Å². The van der Waals surface area contributed by atoms with E-state index >= 15 is 0 Å². The van der Waals surface area contributed by atoms with Crippen molar-refractivity contribution in [3.8, 4) is 0 Å². The number of nitrogens with one attached hydrogen (secondary N) is 1. The molecule has 3 heteroatoms. The van der Waals surface area contributed by atoms with Crippen molar-refractivity contribution in [1.82, 2.24) is 5.32 Å². The van der Waals surface area contributed by atoms with Crippen LogP contribution in [0.15, 0.2) is 18.2 Å². The first kappa shape index (κ1) is 22.6. The van der Waals surface area contributed by atoms with Crippen LogP contribution in [0, 0.1) is 5.92 Å². The summed E-state index contributed by atoms with van der Waals surface area (Å²) in [5.74, 6) is 0.555. The summed E-state index contributed by atoms with van der Waals surface area (Å²) < 4.78 is 0. The van der Waals surface area contributed by atoms with Crippen molar-refractivity contribution in [2.75, 3.05) is 6.54 Å². The van der Waals surface area contributed by atoms with E-state index in [0.717, 1.165) is 50.6 Å². The van der Waals surface area contributed by atoms with Gasteiger partial charge < -0.3 is 5.32 Å². The minimum Gasteiger partial charge on any atom is -0.356 e. The second kappa shape index (κ2) is 12.7. The van der Waals surface area contributed by atoms with E-state index in [2.05, 4.69) is 31.3 Å². The summed E-state index contributed by atoms with van der Waals surface area (Å²) >= 11 is 0. The molecule has 0 saturated carbocycles. The van der Waals surface area contributed by atoms with Crippen molar-refractivity contribution >= 4 is 11.7 Å². The van der Waals surface area contributed by atoms with Crippen LogP contribution in [0.3, 0.4) is 0 Å². The zero-order valence-electron chi connectivity index (χ0n) is 18.0. The molecule has 0 spiro atoms. The summed E-state index contributed by atoms with van der Waals surface area (Å²) in [5, 5.41) is 3.12. The predicted molar refractivity (Wildman–Crippen MR) is 117 cm³/mol. The topological polar surface area (TPSA) is 46.2 Å². The van der Waals surface area contributed by atoms with Crippen molar-refractivity contribution in [3.63, 3.8) is 0 Å². The van der Waals surface area contributed by atoms with Gasteiger partial charge in [0.15, 0.2) is 5.78 Å². The fourth-order valence-corrected chi connectivity index (χ4v) is 4.09. The van der Waals surface area contributed by atoms with Crippen LogP contribution in [0.1, 0.15) is 106 Å². The van der Waals surface area contributed by atoms with Crippen molar-refractivity contribution in [2.45, 2.75) is 97.3 Å². The number of benzene rings is 1. The maximum absolute atomic E-state index is 12.5. The van der Waals surface area contributed by atoms with Gasteiger partial charge in [0.05, 0.1) is 0 Å². The number of hydrogen-bond donors (Lipinski definition) is 1. The van der Waals surface area contributed by atoms with E-state index in [1.54, 1.807) is 0 Å². The summed E-state index contributed by atoms with van der Waals surface area (Å²) in [6.07, 6.45) is 13.9. The van der Waals surface area contributed by atoms with E-state index in [4.69, 9.17) is 0 Å². The highest BCUT2D eigenvalue weighted by Gasteiger charge is 2.25. The number of carbonyl (C=O) groups excluding carboxylic acids is 2. The first-order valence-corrected chi connectivity index (χ1v) is 11.6. The lowest BCUT2D eigenvalue weighted by Gasteiger charge is -2.24. The van der Waals surface area contributed by atoms with Gasteiger partial charge in [-0.05, 0) is 49.3 Å². The number of aryl methyl sites for hydroxylation is 1. The van der Waals surface area contributed by atoms with Crippen molar-refractivity contribution < 1.29 is 9.59 Å². The maximum atomic E-state index is 12.5. The van der Waals surface area contributed by atoms with E-state index in [9.17, 15) is 9.59 Å². The maximum Gasteiger partial charge on any atom is 0.223 e. The van der Waals surface area contributed by atoms with Crippen LogP contribution >= 0.6 is 0 Å². The lowest BCUT2D eigenvalue weighted by molar-refractivity contribution is -0.125. The van der Waals surface area contributed by atoms with Gasteiger partial charge in [-0.3, -0.25) is 9.59 Å². The second-order valence-electron chi connectivity index (χ2n) is 8.36. The number of Topliss-reactive ketones (excluding diaryl/α,β-unsaturated/α-hetero) is 1. The molecule has 1 N–H and O–H groups in total. The minimum absolute atomic E-state index is 0.0822. The Morgan fingerprint density at radius 2 is 1.64 bits per heavy atom. The zero-order valence-corrected chi connectivity index (χ0v) is 18.0. The Labute approximate surface area is 171 Å². The summed E-state index contributed by atoms with van der Waals surface area (Å²) in [4.78, 5) is 24.9. The van der Waals surface area contributed by atoms with Crippen LogP contribution in [-0.4, -0.2) is 18.2 Å². The Morgan fingerprint density at radius 3 is 2.39 bits per heavy atom. The Balaban J connectivity index is 1.79. The lowest BCUT2D eigenvalue weighted by atomic mass is 9.82. The Hall–Kier alpha value is -1.64. The molecule has 28 heavy (non-hydrogen) atoms. The second-order valence-corrected chi connectivity index (χ2v) is 8.36. The molecule has 1 aliphatic rings. The summed E-state index contributed by atoms with van der Waals surface area (Å²) in [7, 11) is 0. The average Bonchev–Trinajstić information content (AvgIpc) is 2.72. The van der Waals surface area contributed by atoms with Crippen LogP contribution in [0.25, 0.3) is 0 Å². The first-order chi connectivity index (χ1) is 13.7. The van der Waals surface area contributed by atoms with Crippen LogP contribution < -0.4 is 5.32 Å². The third-order valence-electron chi connectivity index (χ3n) is 5.96. The Kier molecular flexibility index (Phi) is 10.3. The fraction of sp³-hybridized carbons (Fsp3) is 0.680. The summed E-state index contributed by atoms with van der Waals surface area (Å²) in [6.45, 7) is 5.21. The highest BCUT2D eigenvalue weighted by atomic mass is 16.1. The van der Waals surface area contributed by atoms with Gasteiger partial charge in [-0.15, -0.1) is 0 Å². The number of hydrogen-bond acceptors (Lipinski definition) is 2. The van der Waals surface area contributed by atoms with E-state index in [1.165, 1.54) is 49.7 Å². The smallest absolute Gasteiger partial charge is 0.223 e. The molecule has 0 radical (unpaired) electrons. The summed E-state index contributed by atoms with van der Waals surface area (Å²) in [5.41, 5.74) is 3.37. The molecular formula is C25H39NO2. The number of fused-ring (bicyclic) bond motifs is 1. The molecule has 1 unspecified atom stereocenters. The van der Waals surface area contributed by atoms with E-state index < -0.39 is 0 Å². The van der Waals surface area contributed by atoms with Crippen molar-refractivity contribution in [2.24, 2.45) is 5.92 Å². The molecule has 1 aromatic rings. The monoisotopic (exact) mass is 385 g/mol. The molecule has 3 nitrogen and oxygen atoms in total. The first-order valence-electron chi connectivity index (χ1n) is 11.6. The Bertz CT molecular complexity index is 623. The molecule has 1 aliphatic carbocycles. The molecule has 0 bridgehead atoms. The fourth-order valence-electron chi connectivity index (χ4n) is 4.09. The third-order valence-corrected chi connectivity index (χ3v) is 5.96. The Morgan fingerprint density at radius 1 is 0.929 bits per heavy atom. The average molecular weight is 386 g/mol. The van der Waals surface area contributed by atoms with Gasteiger partial charge in [-0.2, -0.15) is 0 Å². The molecular weight excluding hydrogens is 346 g/mol. The number of amides is 1. The van der Waals surface area contributed by atoms with Crippen LogP contribution in [-0.2, 0) is 17.6 Å². The van der Waals surface area contributed by atoms with Gasteiger partial charge in [0.25, 0.3) is 0 Å². The highest BCUT2D eigenvalue weighted by Crippen LogP contribution is 2.27. The molecule has 0 heterocycles. The van der Waals surface area contributed by atoms with Gasteiger partial charge in [0.1, 0.15) is 0 Å². The van der Waals surface area contributed by atoms with Crippen LogP contribution in [0.4, 0.5) is 0 Å². The zero-order chi connectivity index (χ0) is 20.2. The molecule has 2 rings (SSSR count). The molecule has 0 aromatic heterocycles. The number of unbranched alkanes of at least 4 members (excludes halogenated alkanes) is 7. The molecule has 1 aromatic carbocycles. The quantitative estimate of drug-likeness (QED) is 0.333. The van der Waals surface area contributed by atoms with Crippen LogP contribution in [0.2, 0.25) is 0 Å². The SMILES string of the molecule is CCCCCCCC(=O)c1ccc2c(c1)CCC(C(=O)NCCCCCC)C2. The van der Waals surface area contributed by atoms with E-state index in [-0.39, 0.29) is 17.6 Å². The lowest BCUT2D eigenvalue weighted by Crippen LogP contribution is -2.34. The van der Waals surface area contributed by atoms with E-state index in [1.807, 2.05) is 6.07 Å². The highest BCUT2D eigenvalue weighted by molar-refractivity contribution is 5.96. The van der Waals surface area contributed by atoms with E-state index in [0.29, 0.717) is 6.42 Å². The number of rotatable bonds is 13. The minimum atomic E-state index is 0.0822. The molecule has 1 atom stereocenters. The van der Waals surface area contributed by atoms with Crippen molar-refractivity contribution in [3.05, 3.63) is 34.9 Å². The van der Waals surface area contributed by atoms with Gasteiger partial charge in [-0.1, -0.05) is 70.9 Å². The number of carbonyl (C=O) groups is 2. The summed E-state index contributed by atoms with van der Waals surface area (Å²) in [6, 6.07) is 6.14. The van der Waals surface area contributed by atoms with Gasteiger partial charge in [-0.25, -0.2) is 0 Å². The number of ketones is 1. The molecule has 0 saturated heterocycles. The molecule has 1 amide bonds. The van der Waals surface area contributed by atoms with Gasteiger partial charge in [0.2, 0.25) is 5.91 Å². The molecule has 156 valence electrons. The standard InChI is InChI=1S/C25H39NO2/c1-3-5-7-9-10-12-24(27)22-15-13-21-19-23(16-14-20(21)18-22)25(28)26-17-11-8-6-4-2/h13,15,18,23H,3-12,14,16-17,19H2,1-2H3,(H,26,28). The normalized spacial score (nSPS) is 15.9. The largest absolute Gasteiger partial charge is 0.356 e. The molecule has 0 fully saturated rings. The van der Waals surface area contributed by atoms with Crippen LogP contribution in [0.5, 0.6) is 0 Å². The van der Waals surface area contributed by atoms with Crippen molar-refractivity contribution in [1.29, 1.82) is 0 Å². The third kappa shape index (κ3) is 7.41.